The molecule has 0 aromatic carbocycles. The average molecular weight is 324 g/mol. The quantitative estimate of drug-likeness (QED) is 0.898. The van der Waals surface area contributed by atoms with Crippen molar-refractivity contribution in [3.05, 3.63) is 21.9 Å². The second-order valence-electron chi connectivity index (χ2n) is 6.16. The van der Waals surface area contributed by atoms with E-state index in [1.165, 1.54) is 42.8 Å². The van der Waals surface area contributed by atoms with E-state index in [0.29, 0.717) is 26.3 Å². The Bertz CT molecular complexity index is 499. The van der Waals surface area contributed by atoms with Gasteiger partial charge in [0.1, 0.15) is 6.04 Å². The van der Waals surface area contributed by atoms with Crippen molar-refractivity contribution < 1.29 is 14.6 Å². The summed E-state index contributed by atoms with van der Waals surface area (Å²) in [4.78, 5) is 17.1. The first-order chi connectivity index (χ1) is 10.7. The predicted octanol–water partition coefficient (Wildman–Crippen LogP) is 2.02. The zero-order chi connectivity index (χ0) is 15.4. The third-order valence-electron chi connectivity index (χ3n) is 4.45. The third kappa shape index (κ3) is 4.07. The summed E-state index contributed by atoms with van der Waals surface area (Å²) in [6, 6.07) is 1.73. The van der Waals surface area contributed by atoms with E-state index in [1.807, 2.05) is 4.90 Å². The number of morpholine rings is 1. The Morgan fingerprint density at radius 2 is 2.09 bits per heavy atom. The number of nitrogens with zero attached hydrogens (tertiary/aromatic N) is 2. The molecule has 0 saturated carbocycles. The zero-order valence-corrected chi connectivity index (χ0v) is 13.7. The van der Waals surface area contributed by atoms with Gasteiger partial charge in [-0.1, -0.05) is 6.42 Å². The fourth-order valence-electron chi connectivity index (χ4n) is 3.22. The minimum atomic E-state index is -0.787. The molecule has 1 aromatic rings. The Morgan fingerprint density at radius 3 is 2.86 bits per heavy atom. The first-order valence-corrected chi connectivity index (χ1v) is 8.93. The number of ether oxygens (including phenoxy) is 1. The summed E-state index contributed by atoms with van der Waals surface area (Å²) >= 11 is 1.74. The number of carbonyl (C=O) groups is 1. The van der Waals surface area contributed by atoms with E-state index in [4.69, 9.17) is 4.74 Å². The smallest absolute Gasteiger partial charge is 0.323 e. The Kier molecular flexibility index (Phi) is 5.46. The molecule has 0 spiro atoms. The maximum atomic E-state index is 11.3. The van der Waals surface area contributed by atoms with E-state index in [0.717, 1.165) is 6.54 Å². The van der Waals surface area contributed by atoms with Gasteiger partial charge >= 0.3 is 5.97 Å². The van der Waals surface area contributed by atoms with Gasteiger partial charge in [-0.3, -0.25) is 14.6 Å². The fourth-order valence-corrected chi connectivity index (χ4v) is 4.13. The van der Waals surface area contributed by atoms with E-state index in [1.54, 1.807) is 11.3 Å². The molecule has 5 nitrogen and oxygen atoms in total. The van der Waals surface area contributed by atoms with Crippen LogP contribution in [0.15, 0.2) is 11.4 Å². The van der Waals surface area contributed by atoms with Gasteiger partial charge < -0.3 is 9.84 Å². The van der Waals surface area contributed by atoms with Gasteiger partial charge in [0.2, 0.25) is 0 Å². The number of hydrogen-bond donors (Lipinski definition) is 1. The van der Waals surface area contributed by atoms with Crippen LogP contribution in [0.25, 0.3) is 0 Å². The molecule has 1 atom stereocenters. The number of rotatable bonds is 5. The fraction of sp³-hybridized carbons (Fsp3) is 0.688. The second kappa shape index (κ2) is 7.55. The van der Waals surface area contributed by atoms with Gasteiger partial charge in [-0.05, 0) is 42.9 Å². The van der Waals surface area contributed by atoms with E-state index >= 15 is 0 Å². The lowest BCUT2D eigenvalue weighted by Gasteiger charge is -2.32. The molecule has 0 amide bonds. The minimum absolute atomic E-state index is 0.293. The molecule has 2 aliphatic heterocycles. The number of aliphatic carboxylic acids is 1. The van der Waals surface area contributed by atoms with Crippen LogP contribution in [0.1, 0.15) is 29.7 Å². The van der Waals surface area contributed by atoms with E-state index in [9.17, 15) is 9.90 Å². The van der Waals surface area contributed by atoms with Crippen molar-refractivity contribution in [2.45, 2.75) is 38.4 Å². The summed E-state index contributed by atoms with van der Waals surface area (Å²) < 4.78 is 5.29. The van der Waals surface area contributed by atoms with E-state index < -0.39 is 12.0 Å². The summed E-state index contributed by atoms with van der Waals surface area (Å²) in [7, 11) is 0. The molecule has 3 heterocycles. The number of thiophene rings is 1. The third-order valence-corrected chi connectivity index (χ3v) is 5.42. The molecule has 0 bridgehead atoms. The number of hydrogen-bond acceptors (Lipinski definition) is 5. The topological polar surface area (TPSA) is 53.0 Å². The molecular formula is C16H24N2O3S. The summed E-state index contributed by atoms with van der Waals surface area (Å²) in [5.74, 6) is -0.787. The molecule has 1 N–H and O–H groups in total. The molecule has 2 fully saturated rings. The molecule has 3 rings (SSSR count). The number of carboxylic acids is 1. The van der Waals surface area contributed by atoms with Crippen LogP contribution in [0.5, 0.6) is 0 Å². The van der Waals surface area contributed by atoms with Crippen LogP contribution in [-0.2, 0) is 22.6 Å². The first-order valence-electron chi connectivity index (χ1n) is 8.05. The van der Waals surface area contributed by atoms with Gasteiger partial charge in [0.05, 0.1) is 13.2 Å². The maximum absolute atomic E-state index is 11.3. The SMILES string of the molecule is O=C(O)[C@H]1COCCN1Cc1cc(CN2CCCCC2)cs1. The standard InChI is InChI=1S/C16H24N2O3S/c19-16(20)15-11-21-7-6-18(15)10-14-8-13(12-22-14)9-17-4-2-1-3-5-17/h8,12,15H,1-7,9-11H2,(H,19,20)/t15-/m1/s1. The molecule has 22 heavy (non-hydrogen) atoms. The van der Waals surface area contributed by atoms with Crippen LogP contribution in [0.3, 0.4) is 0 Å². The first kappa shape index (κ1) is 15.9. The van der Waals surface area contributed by atoms with Crippen LogP contribution in [-0.4, -0.2) is 59.8 Å². The van der Waals surface area contributed by atoms with Gasteiger partial charge in [-0.2, -0.15) is 0 Å². The van der Waals surface area contributed by atoms with Crippen LogP contribution in [0, 0.1) is 0 Å². The van der Waals surface area contributed by atoms with Crippen LogP contribution >= 0.6 is 11.3 Å². The van der Waals surface area contributed by atoms with Crippen molar-refractivity contribution >= 4 is 17.3 Å². The van der Waals surface area contributed by atoms with Gasteiger partial charge in [-0.15, -0.1) is 11.3 Å². The Labute approximate surface area is 135 Å². The highest BCUT2D eigenvalue weighted by Gasteiger charge is 2.29. The van der Waals surface area contributed by atoms with Crippen molar-refractivity contribution in [2.75, 3.05) is 32.8 Å². The molecule has 0 radical (unpaired) electrons. The molecule has 2 saturated heterocycles. The number of piperidine rings is 1. The van der Waals surface area contributed by atoms with Crippen molar-refractivity contribution in [1.82, 2.24) is 9.80 Å². The lowest BCUT2D eigenvalue weighted by molar-refractivity contribution is -0.150. The molecule has 1 aromatic heterocycles. The van der Waals surface area contributed by atoms with Crippen LogP contribution in [0.2, 0.25) is 0 Å². The summed E-state index contributed by atoms with van der Waals surface area (Å²) in [6.07, 6.45) is 3.98. The predicted molar refractivity (Wildman–Crippen MR) is 86.1 cm³/mol. The second-order valence-corrected chi connectivity index (χ2v) is 7.15. The van der Waals surface area contributed by atoms with E-state index in [-0.39, 0.29) is 0 Å². The van der Waals surface area contributed by atoms with Gasteiger partial charge in [0, 0.05) is 24.5 Å². The van der Waals surface area contributed by atoms with Crippen molar-refractivity contribution in [3.63, 3.8) is 0 Å². The minimum Gasteiger partial charge on any atom is -0.480 e. The largest absolute Gasteiger partial charge is 0.480 e. The maximum Gasteiger partial charge on any atom is 0.323 e. The highest BCUT2D eigenvalue weighted by Crippen LogP contribution is 2.22. The van der Waals surface area contributed by atoms with Crippen LogP contribution < -0.4 is 0 Å². The van der Waals surface area contributed by atoms with Crippen LogP contribution in [0.4, 0.5) is 0 Å². The average Bonchev–Trinajstić information content (AvgIpc) is 2.96. The molecule has 0 aliphatic carbocycles. The molecular weight excluding hydrogens is 300 g/mol. The highest BCUT2D eigenvalue weighted by atomic mass is 32.1. The van der Waals surface area contributed by atoms with Crippen molar-refractivity contribution in [3.8, 4) is 0 Å². The summed E-state index contributed by atoms with van der Waals surface area (Å²) in [6.45, 7) is 5.76. The highest BCUT2D eigenvalue weighted by molar-refractivity contribution is 7.10. The van der Waals surface area contributed by atoms with Gasteiger partial charge in [-0.25, -0.2) is 0 Å². The summed E-state index contributed by atoms with van der Waals surface area (Å²) in [5, 5.41) is 11.5. The molecule has 2 aliphatic rings. The molecule has 0 unspecified atom stereocenters. The lowest BCUT2D eigenvalue weighted by atomic mass is 10.1. The Hall–Kier alpha value is -0.950. The monoisotopic (exact) mass is 324 g/mol. The van der Waals surface area contributed by atoms with Crippen molar-refractivity contribution in [1.29, 1.82) is 0 Å². The lowest BCUT2D eigenvalue weighted by Crippen LogP contribution is -2.49. The summed E-state index contributed by atoms with van der Waals surface area (Å²) in [5.41, 5.74) is 1.36. The Morgan fingerprint density at radius 1 is 1.27 bits per heavy atom. The zero-order valence-electron chi connectivity index (χ0n) is 12.9. The normalized spacial score (nSPS) is 24.5. The molecule has 122 valence electrons. The number of likely N-dealkylation sites (tertiary alicyclic amines) is 1. The van der Waals surface area contributed by atoms with Gasteiger partial charge in [0.25, 0.3) is 0 Å². The van der Waals surface area contributed by atoms with E-state index in [2.05, 4.69) is 16.3 Å². The number of carboxylic acid groups (broad SMARTS) is 1. The van der Waals surface area contributed by atoms with Crippen molar-refractivity contribution in [2.24, 2.45) is 0 Å². The Balaban J connectivity index is 1.57. The van der Waals surface area contributed by atoms with Gasteiger partial charge in [0.15, 0.2) is 0 Å². The molecule has 6 heteroatoms.